The van der Waals surface area contributed by atoms with Crippen LogP contribution in [0.3, 0.4) is 0 Å². The molecule has 2 heterocycles. The average molecular weight is 388 g/mol. The van der Waals surface area contributed by atoms with Crippen LogP contribution in [0.1, 0.15) is 42.3 Å². The largest absolute Gasteiger partial charge is 0.493 e. The summed E-state index contributed by atoms with van der Waals surface area (Å²) in [4.78, 5) is 13.3. The van der Waals surface area contributed by atoms with Crippen molar-refractivity contribution in [1.82, 2.24) is 10.2 Å². The quantitative estimate of drug-likeness (QED) is 0.736. The lowest BCUT2D eigenvalue weighted by Gasteiger charge is -2.08. The van der Waals surface area contributed by atoms with Crippen molar-refractivity contribution in [2.45, 2.75) is 33.1 Å². The number of Topliss-reactive ketones (excluding diaryl/α,β-unsaturated/α-hetero) is 1. The molecular weight excluding hydrogens is 366 g/mol. The van der Waals surface area contributed by atoms with Crippen molar-refractivity contribution < 1.29 is 9.53 Å². The summed E-state index contributed by atoms with van der Waals surface area (Å²) in [5, 5.41) is 18.2. The van der Waals surface area contributed by atoms with Crippen LogP contribution in [0, 0.1) is 11.3 Å². The van der Waals surface area contributed by atoms with Crippen molar-refractivity contribution in [1.29, 1.82) is 5.41 Å². The molecule has 0 saturated carbocycles. The Morgan fingerprint density at radius 1 is 1.27 bits per heavy atom. The van der Waals surface area contributed by atoms with Gasteiger partial charge in [-0.3, -0.25) is 10.2 Å². The van der Waals surface area contributed by atoms with E-state index in [1.807, 2.05) is 37.3 Å². The van der Waals surface area contributed by atoms with Gasteiger partial charge in [0.2, 0.25) is 0 Å². The van der Waals surface area contributed by atoms with Crippen molar-refractivity contribution in [2.24, 2.45) is 5.92 Å². The van der Waals surface area contributed by atoms with E-state index < -0.39 is 5.92 Å². The number of nitrogens with one attached hydrogen (secondary N) is 1. The van der Waals surface area contributed by atoms with E-state index in [2.05, 4.69) is 24.0 Å². The van der Waals surface area contributed by atoms with Crippen LogP contribution in [0.2, 0.25) is 0 Å². The van der Waals surface area contributed by atoms with Gasteiger partial charge in [0.25, 0.3) is 0 Å². The summed E-state index contributed by atoms with van der Waals surface area (Å²) in [6.07, 6.45) is 2.61. The number of carbonyl (C=O) groups is 1. The van der Waals surface area contributed by atoms with Gasteiger partial charge in [-0.15, -0.1) is 21.5 Å². The molecule has 1 saturated heterocycles. The Bertz CT molecular complexity index is 841. The molecule has 136 valence electrons. The Hall–Kier alpha value is -1.99. The van der Waals surface area contributed by atoms with Crippen LogP contribution in [-0.4, -0.2) is 27.6 Å². The smallest absolute Gasteiger partial charge is 0.186 e. The van der Waals surface area contributed by atoms with Crippen molar-refractivity contribution in [2.75, 3.05) is 6.61 Å². The fourth-order valence-electron chi connectivity index (χ4n) is 2.41. The van der Waals surface area contributed by atoms with Crippen LogP contribution in [0.5, 0.6) is 5.75 Å². The minimum absolute atomic E-state index is 0.0704. The predicted molar refractivity (Wildman–Crippen MR) is 107 cm³/mol. The zero-order chi connectivity index (χ0) is 18.7. The lowest BCUT2D eigenvalue weighted by Crippen LogP contribution is -2.11. The first kappa shape index (κ1) is 18.8. The molecule has 0 aliphatic carbocycles. The summed E-state index contributed by atoms with van der Waals surface area (Å²) in [6.45, 7) is 6.89. The molecule has 1 aromatic carbocycles. The lowest BCUT2D eigenvalue weighted by atomic mass is 10.1. The molecule has 0 unspecified atom stereocenters. The number of carbonyl (C=O) groups excluding carboxylic acids is 1. The zero-order valence-corrected chi connectivity index (χ0v) is 16.6. The molecule has 7 heteroatoms. The normalized spacial score (nSPS) is 18.9. The molecule has 5 nitrogen and oxygen atoms in total. The van der Waals surface area contributed by atoms with Gasteiger partial charge in [0.15, 0.2) is 5.78 Å². The predicted octanol–water partition coefficient (Wildman–Crippen LogP) is 4.55. The molecule has 1 N–H and O–H groups in total. The Kier molecular flexibility index (Phi) is 5.88. The maximum Gasteiger partial charge on any atom is 0.186 e. The Balaban J connectivity index is 1.75. The van der Waals surface area contributed by atoms with E-state index in [9.17, 15) is 4.79 Å². The van der Waals surface area contributed by atoms with Gasteiger partial charge in [-0.1, -0.05) is 44.7 Å². The van der Waals surface area contributed by atoms with Gasteiger partial charge in [0.1, 0.15) is 21.7 Å². The second-order valence-corrected chi connectivity index (χ2v) is 8.61. The van der Waals surface area contributed by atoms with Crippen LogP contribution in [0.25, 0.3) is 6.08 Å². The number of aromatic nitrogens is 2. The monoisotopic (exact) mass is 387 g/mol. The first-order chi connectivity index (χ1) is 12.5. The first-order valence-electron chi connectivity index (χ1n) is 8.55. The molecule has 0 spiro atoms. The minimum atomic E-state index is -0.599. The van der Waals surface area contributed by atoms with E-state index in [1.165, 1.54) is 23.1 Å². The van der Waals surface area contributed by atoms with Crippen molar-refractivity contribution >= 4 is 40.0 Å². The van der Waals surface area contributed by atoms with Gasteiger partial charge in [-0.25, -0.2) is 0 Å². The highest BCUT2D eigenvalue weighted by molar-refractivity contribution is 8.19. The highest BCUT2D eigenvalue weighted by atomic mass is 32.2. The maximum atomic E-state index is 12.7. The fourth-order valence-corrected chi connectivity index (χ4v) is 4.37. The number of benzene rings is 1. The maximum absolute atomic E-state index is 12.7. The van der Waals surface area contributed by atoms with Crippen LogP contribution in [-0.2, 0) is 11.2 Å². The first-order valence-corrected chi connectivity index (χ1v) is 10.2. The second-order valence-electron chi connectivity index (χ2n) is 6.43. The number of ketones is 1. The van der Waals surface area contributed by atoms with E-state index in [-0.39, 0.29) is 5.78 Å². The zero-order valence-electron chi connectivity index (χ0n) is 15.0. The number of allylic oxidation sites excluding steroid dienone is 1. The third kappa shape index (κ3) is 4.22. The number of rotatable bonds is 6. The van der Waals surface area contributed by atoms with Gasteiger partial charge < -0.3 is 4.74 Å². The van der Waals surface area contributed by atoms with Crippen molar-refractivity contribution in [3.8, 4) is 5.75 Å². The minimum Gasteiger partial charge on any atom is -0.493 e. The Morgan fingerprint density at radius 2 is 2.00 bits per heavy atom. The summed E-state index contributed by atoms with van der Waals surface area (Å²) < 4.78 is 5.68. The fraction of sp³-hybridized carbons (Fsp3) is 0.368. The van der Waals surface area contributed by atoms with E-state index in [1.54, 1.807) is 0 Å². The van der Waals surface area contributed by atoms with Gasteiger partial charge in [-0.05, 0) is 36.1 Å². The molecule has 0 bridgehead atoms. The standard InChI is InChI=1S/C19H21N3O2S2/c1-4-15-21-22-19(26-15)16-17(23)14(25-18(16)20)9-12-5-7-13(8-6-12)24-10-11(2)3/h5-9,11,16,20H,4,10H2,1-3H3/b14-9-,20-18?/t16-/m1/s1. The number of hydrogen-bond acceptors (Lipinski definition) is 7. The molecule has 1 atom stereocenters. The average Bonchev–Trinajstić information content (AvgIpc) is 3.19. The summed E-state index contributed by atoms with van der Waals surface area (Å²) in [7, 11) is 0. The van der Waals surface area contributed by atoms with Gasteiger partial charge in [-0.2, -0.15) is 0 Å². The third-order valence-electron chi connectivity index (χ3n) is 3.78. The van der Waals surface area contributed by atoms with E-state index in [0.29, 0.717) is 27.5 Å². The van der Waals surface area contributed by atoms with E-state index >= 15 is 0 Å². The van der Waals surface area contributed by atoms with Crippen LogP contribution in [0.15, 0.2) is 29.2 Å². The Morgan fingerprint density at radius 3 is 2.62 bits per heavy atom. The molecule has 26 heavy (non-hydrogen) atoms. The lowest BCUT2D eigenvalue weighted by molar-refractivity contribution is -0.114. The Labute approximate surface area is 161 Å². The van der Waals surface area contributed by atoms with Crippen LogP contribution in [0.4, 0.5) is 0 Å². The third-order valence-corrected chi connectivity index (χ3v) is 5.91. The second kappa shape index (κ2) is 8.14. The summed E-state index contributed by atoms with van der Waals surface area (Å²) in [6, 6.07) is 7.65. The topological polar surface area (TPSA) is 75.9 Å². The van der Waals surface area contributed by atoms with Crippen molar-refractivity contribution in [3.63, 3.8) is 0 Å². The van der Waals surface area contributed by atoms with E-state index in [4.69, 9.17) is 10.1 Å². The molecule has 1 aliphatic heterocycles. The van der Waals surface area contributed by atoms with Gasteiger partial charge >= 0.3 is 0 Å². The number of thioether (sulfide) groups is 1. The highest BCUT2D eigenvalue weighted by Crippen LogP contribution is 2.41. The number of aryl methyl sites for hydroxylation is 1. The highest BCUT2D eigenvalue weighted by Gasteiger charge is 2.39. The van der Waals surface area contributed by atoms with Crippen LogP contribution < -0.4 is 4.74 Å². The van der Waals surface area contributed by atoms with E-state index in [0.717, 1.165) is 22.7 Å². The van der Waals surface area contributed by atoms with Crippen LogP contribution >= 0.6 is 23.1 Å². The molecule has 1 fully saturated rings. The molecule has 0 amide bonds. The molecule has 1 aromatic heterocycles. The number of hydrogen-bond donors (Lipinski definition) is 1. The number of ether oxygens (including phenoxy) is 1. The number of nitrogens with zero attached hydrogens (tertiary/aromatic N) is 2. The summed E-state index contributed by atoms with van der Waals surface area (Å²) >= 11 is 2.62. The van der Waals surface area contributed by atoms with Gasteiger partial charge in [0, 0.05) is 0 Å². The van der Waals surface area contributed by atoms with Crippen molar-refractivity contribution in [3.05, 3.63) is 44.7 Å². The molecule has 1 aliphatic rings. The van der Waals surface area contributed by atoms with Gasteiger partial charge in [0.05, 0.1) is 16.6 Å². The SMILES string of the molecule is CCc1nnc([C@H]2C(=N)S/C(=C\c3ccc(OCC(C)C)cc3)C2=O)s1. The summed E-state index contributed by atoms with van der Waals surface area (Å²) in [5.74, 6) is 0.621. The summed E-state index contributed by atoms with van der Waals surface area (Å²) in [5.41, 5.74) is 0.915. The molecule has 2 aromatic rings. The molecular formula is C19H21N3O2S2. The molecule has 0 radical (unpaired) electrons. The molecule has 3 rings (SSSR count).